The van der Waals surface area contributed by atoms with E-state index >= 15 is 0 Å². The third-order valence-corrected chi connectivity index (χ3v) is 4.60. The Bertz CT molecular complexity index is 712. The summed E-state index contributed by atoms with van der Waals surface area (Å²) in [6.07, 6.45) is 5.74. The maximum Gasteiger partial charge on any atom is 0.256 e. The number of hydrogen-bond acceptors (Lipinski definition) is 4. The quantitative estimate of drug-likeness (QED) is 0.907. The minimum Gasteiger partial charge on any atom is -0.354 e. The summed E-state index contributed by atoms with van der Waals surface area (Å²) in [5.74, 6) is 0.910. The Morgan fingerprint density at radius 3 is 2.60 bits per heavy atom. The number of likely N-dealkylation sites (tertiary alicyclic amines) is 1. The minimum absolute atomic E-state index is 0.00944. The van der Waals surface area contributed by atoms with E-state index in [2.05, 4.69) is 22.2 Å². The van der Waals surface area contributed by atoms with Crippen molar-refractivity contribution in [2.75, 3.05) is 25.0 Å². The highest BCUT2D eigenvalue weighted by Crippen LogP contribution is 2.18. The van der Waals surface area contributed by atoms with Gasteiger partial charge in [-0.25, -0.2) is 14.4 Å². The molecule has 0 aliphatic carbocycles. The van der Waals surface area contributed by atoms with Crippen molar-refractivity contribution in [3.63, 3.8) is 0 Å². The van der Waals surface area contributed by atoms with Crippen LogP contribution in [0.1, 0.15) is 35.7 Å². The Hall–Kier alpha value is -2.50. The number of carbonyl (C=O) groups is 1. The zero-order chi connectivity index (χ0) is 17.6. The SMILES string of the molecule is CC1CCN(C(=O)c2cnc(NCCc3ccccc3F)nc2)CC1. The van der Waals surface area contributed by atoms with Gasteiger partial charge < -0.3 is 10.2 Å². The van der Waals surface area contributed by atoms with Crippen LogP contribution in [-0.2, 0) is 6.42 Å². The summed E-state index contributed by atoms with van der Waals surface area (Å²) in [5.41, 5.74) is 1.16. The van der Waals surface area contributed by atoms with E-state index < -0.39 is 0 Å². The van der Waals surface area contributed by atoms with Crippen molar-refractivity contribution in [2.45, 2.75) is 26.2 Å². The molecule has 1 saturated heterocycles. The smallest absolute Gasteiger partial charge is 0.256 e. The molecule has 1 fully saturated rings. The van der Waals surface area contributed by atoms with Crippen molar-refractivity contribution in [3.05, 3.63) is 53.6 Å². The van der Waals surface area contributed by atoms with Gasteiger partial charge in [0.15, 0.2) is 0 Å². The number of aromatic nitrogens is 2. The van der Waals surface area contributed by atoms with Gasteiger partial charge in [-0.05, 0) is 36.8 Å². The third kappa shape index (κ3) is 4.53. The molecule has 1 aromatic carbocycles. The molecule has 1 aliphatic heterocycles. The van der Waals surface area contributed by atoms with E-state index in [-0.39, 0.29) is 11.7 Å². The highest BCUT2D eigenvalue weighted by atomic mass is 19.1. The highest BCUT2D eigenvalue weighted by molar-refractivity contribution is 5.93. The van der Waals surface area contributed by atoms with E-state index in [1.54, 1.807) is 24.5 Å². The van der Waals surface area contributed by atoms with Crippen LogP contribution < -0.4 is 5.32 Å². The molecule has 0 radical (unpaired) electrons. The first-order chi connectivity index (χ1) is 12.1. The van der Waals surface area contributed by atoms with Crippen molar-refractivity contribution in [1.82, 2.24) is 14.9 Å². The summed E-state index contributed by atoms with van der Waals surface area (Å²) in [5, 5.41) is 3.06. The summed E-state index contributed by atoms with van der Waals surface area (Å²) < 4.78 is 13.6. The van der Waals surface area contributed by atoms with Crippen molar-refractivity contribution < 1.29 is 9.18 Å². The Morgan fingerprint density at radius 2 is 1.92 bits per heavy atom. The lowest BCUT2D eigenvalue weighted by molar-refractivity contribution is 0.0696. The maximum absolute atomic E-state index is 13.6. The van der Waals surface area contributed by atoms with Crippen molar-refractivity contribution in [3.8, 4) is 0 Å². The maximum atomic E-state index is 13.6. The van der Waals surface area contributed by atoms with Gasteiger partial charge in [-0.1, -0.05) is 25.1 Å². The second-order valence-electron chi connectivity index (χ2n) is 6.54. The first-order valence-electron chi connectivity index (χ1n) is 8.72. The zero-order valence-corrected chi connectivity index (χ0v) is 14.4. The predicted molar refractivity (Wildman–Crippen MR) is 94.9 cm³/mol. The topological polar surface area (TPSA) is 58.1 Å². The number of halogens is 1. The fraction of sp³-hybridized carbons (Fsp3) is 0.421. The van der Waals surface area contributed by atoms with Gasteiger partial charge in [-0.15, -0.1) is 0 Å². The molecule has 1 amide bonds. The number of carbonyl (C=O) groups excluding carboxylic acids is 1. The fourth-order valence-electron chi connectivity index (χ4n) is 2.93. The Kier molecular flexibility index (Phi) is 5.58. The predicted octanol–water partition coefficient (Wildman–Crippen LogP) is 3.14. The molecule has 1 aromatic heterocycles. The molecule has 5 nitrogen and oxygen atoms in total. The van der Waals surface area contributed by atoms with Crippen LogP contribution in [-0.4, -0.2) is 40.4 Å². The average molecular weight is 342 g/mol. The standard InChI is InChI=1S/C19H23FN4O/c1-14-7-10-24(11-8-14)18(25)16-12-22-19(23-13-16)21-9-6-15-4-2-3-5-17(15)20/h2-5,12-14H,6-11H2,1H3,(H,21,22,23). The molecule has 0 spiro atoms. The van der Waals surface area contributed by atoms with E-state index in [0.717, 1.165) is 25.9 Å². The lowest BCUT2D eigenvalue weighted by atomic mass is 9.99. The number of amides is 1. The van der Waals surface area contributed by atoms with Crippen LogP contribution in [0.5, 0.6) is 0 Å². The summed E-state index contributed by atoms with van der Waals surface area (Å²) in [6, 6.07) is 6.71. The molecule has 1 N–H and O–H groups in total. The Labute approximate surface area is 147 Å². The third-order valence-electron chi connectivity index (χ3n) is 4.60. The molecule has 0 bridgehead atoms. The highest BCUT2D eigenvalue weighted by Gasteiger charge is 2.21. The van der Waals surface area contributed by atoms with E-state index in [1.165, 1.54) is 6.07 Å². The number of benzene rings is 1. The molecule has 0 unspecified atom stereocenters. The molecule has 132 valence electrons. The molecule has 0 saturated carbocycles. The van der Waals surface area contributed by atoms with Gasteiger partial charge in [0.1, 0.15) is 5.82 Å². The van der Waals surface area contributed by atoms with Crippen LogP contribution in [0.15, 0.2) is 36.7 Å². The van der Waals surface area contributed by atoms with Gasteiger partial charge in [-0.2, -0.15) is 0 Å². The van der Waals surface area contributed by atoms with Gasteiger partial charge in [-0.3, -0.25) is 4.79 Å². The summed E-state index contributed by atoms with van der Waals surface area (Å²) >= 11 is 0. The van der Waals surface area contributed by atoms with Crippen LogP contribution >= 0.6 is 0 Å². The number of anilines is 1. The van der Waals surface area contributed by atoms with Crippen LogP contribution in [0.2, 0.25) is 0 Å². The molecule has 6 heteroatoms. The van der Waals surface area contributed by atoms with Crippen molar-refractivity contribution in [2.24, 2.45) is 5.92 Å². The summed E-state index contributed by atoms with van der Waals surface area (Å²) in [6.45, 7) is 4.33. The zero-order valence-electron chi connectivity index (χ0n) is 14.4. The van der Waals surface area contributed by atoms with E-state index in [1.807, 2.05) is 11.0 Å². The lowest BCUT2D eigenvalue weighted by Crippen LogP contribution is -2.38. The van der Waals surface area contributed by atoms with Gasteiger partial charge in [0.05, 0.1) is 5.56 Å². The molecule has 2 heterocycles. The first kappa shape index (κ1) is 17.3. The van der Waals surface area contributed by atoms with Crippen LogP contribution in [0.4, 0.5) is 10.3 Å². The number of piperidine rings is 1. The Morgan fingerprint density at radius 1 is 1.24 bits per heavy atom. The first-order valence-corrected chi connectivity index (χ1v) is 8.72. The number of rotatable bonds is 5. The van der Waals surface area contributed by atoms with Gasteiger partial charge >= 0.3 is 0 Å². The minimum atomic E-state index is -0.206. The average Bonchev–Trinajstić information content (AvgIpc) is 2.64. The summed E-state index contributed by atoms with van der Waals surface area (Å²) in [4.78, 5) is 22.7. The van der Waals surface area contributed by atoms with E-state index in [9.17, 15) is 9.18 Å². The van der Waals surface area contributed by atoms with Crippen LogP contribution in [0, 0.1) is 11.7 Å². The number of nitrogens with zero attached hydrogens (tertiary/aromatic N) is 3. The summed E-state index contributed by atoms with van der Waals surface area (Å²) in [7, 11) is 0. The molecule has 0 atom stereocenters. The second-order valence-corrected chi connectivity index (χ2v) is 6.54. The molecular formula is C19H23FN4O. The van der Waals surface area contributed by atoms with Gasteiger partial charge in [0.25, 0.3) is 5.91 Å². The number of nitrogens with one attached hydrogen (secondary N) is 1. The van der Waals surface area contributed by atoms with E-state index in [0.29, 0.717) is 36.0 Å². The van der Waals surface area contributed by atoms with Crippen LogP contribution in [0.3, 0.4) is 0 Å². The molecular weight excluding hydrogens is 319 g/mol. The normalized spacial score (nSPS) is 15.2. The Balaban J connectivity index is 1.52. The lowest BCUT2D eigenvalue weighted by Gasteiger charge is -2.30. The van der Waals surface area contributed by atoms with Crippen LogP contribution in [0.25, 0.3) is 0 Å². The molecule has 2 aromatic rings. The molecule has 1 aliphatic rings. The second kappa shape index (κ2) is 8.05. The largest absolute Gasteiger partial charge is 0.354 e. The molecule has 25 heavy (non-hydrogen) atoms. The monoisotopic (exact) mass is 342 g/mol. The van der Waals surface area contributed by atoms with Gasteiger partial charge in [0.2, 0.25) is 5.95 Å². The van der Waals surface area contributed by atoms with E-state index in [4.69, 9.17) is 0 Å². The van der Waals surface area contributed by atoms with Crippen molar-refractivity contribution >= 4 is 11.9 Å². The van der Waals surface area contributed by atoms with Crippen molar-refractivity contribution in [1.29, 1.82) is 0 Å². The molecule has 3 rings (SSSR count). The fourth-order valence-corrected chi connectivity index (χ4v) is 2.93. The van der Waals surface area contributed by atoms with Gasteiger partial charge in [0, 0.05) is 32.0 Å². The number of hydrogen-bond donors (Lipinski definition) is 1.